The number of anilines is 2. The number of hydrogen-bond donors (Lipinski definition) is 1. The van der Waals surface area contributed by atoms with E-state index in [0.717, 1.165) is 0 Å². The molecule has 0 saturated heterocycles. The number of likely N-dealkylation sites (N-methyl/N-ethyl adjacent to an activating group) is 1. The lowest BCUT2D eigenvalue weighted by Crippen LogP contribution is -2.18. The standard InChI is InChI=1S/C9H14N4O/c1-4-5-13(2)7-6-8(14-3)12-9(10)11-7/h4,6H,1,5H2,2-3H3,(H2,10,11,12). The van der Waals surface area contributed by atoms with Gasteiger partial charge in [0.2, 0.25) is 11.8 Å². The highest BCUT2D eigenvalue weighted by Crippen LogP contribution is 2.16. The molecule has 0 unspecified atom stereocenters. The maximum Gasteiger partial charge on any atom is 0.225 e. The van der Waals surface area contributed by atoms with Crippen LogP contribution < -0.4 is 15.4 Å². The molecule has 1 aromatic rings. The van der Waals surface area contributed by atoms with Crippen LogP contribution in [-0.4, -0.2) is 30.7 Å². The van der Waals surface area contributed by atoms with Gasteiger partial charge in [0.1, 0.15) is 5.82 Å². The Kier molecular flexibility index (Phi) is 3.28. The van der Waals surface area contributed by atoms with Crippen LogP contribution in [0.5, 0.6) is 5.88 Å². The van der Waals surface area contributed by atoms with Crippen molar-refractivity contribution in [1.29, 1.82) is 0 Å². The van der Waals surface area contributed by atoms with Gasteiger partial charge in [-0.2, -0.15) is 9.97 Å². The van der Waals surface area contributed by atoms with Gasteiger partial charge in [0.15, 0.2) is 0 Å². The van der Waals surface area contributed by atoms with Gasteiger partial charge >= 0.3 is 0 Å². The van der Waals surface area contributed by atoms with E-state index in [1.165, 1.54) is 0 Å². The minimum atomic E-state index is 0.204. The number of nitrogens with zero attached hydrogens (tertiary/aromatic N) is 3. The van der Waals surface area contributed by atoms with E-state index in [1.807, 2.05) is 11.9 Å². The quantitative estimate of drug-likeness (QED) is 0.714. The Hall–Kier alpha value is -1.78. The van der Waals surface area contributed by atoms with Gasteiger partial charge in [0.05, 0.1) is 7.11 Å². The summed E-state index contributed by atoms with van der Waals surface area (Å²) >= 11 is 0. The van der Waals surface area contributed by atoms with Crippen molar-refractivity contribution in [3.8, 4) is 5.88 Å². The van der Waals surface area contributed by atoms with Crippen LogP contribution in [0.1, 0.15) is 0 Å². The Morgan fingerprint density at radius 1 is 1.64 bits per heavy atom. The molecular formula is C9H14N4O. The van der Waals surface area contributed by atoms with Gasteiger partial charge in [-0.05, 0) is 0 Å². The van der Waals surface area contributed by atoms with Crippen molar-refractivity contribution in [2.24, 2.45) is 0 Å². The van der Waals surface area contributed by atoms with Crippen LogP contribution in [-0.2, 0) is 0 Å². The van der Waals surface area contributed by atoms with Crippen molar-refractivity contribution in [2.45, 2.75) is 0 Å². The third-order valence-corrected chi connectivity index (χ3v) is 1.71. The van der Waals surface area contributed by atoms with Crippen LogP contribution in [0.15, 0.2) is 18.7 Å². The maximum absolute atomic E-state index is 5.51. The van der Waals surface area contributed by atoms with Gasteiger partial charge in [-0.25, -0.2) is 0 Å². The summed E-state index contributed by atoms with van der Waals surface area (Å²) in [5.41, 5.74) is 5.51. The second kappa shape index (κ2) is 4.45. The molecule has 0 saturated carbocycles. The summed E-state index contributed by atoms with van der Waals surface area (Å²) in [6.45, 7) is 4.34. The average molecular weight is 194 g/mol. The Bertz CT molecular complexity index is 327. The molecule has 5 nitrogen and oxygen atoms in total. The van der Waals surface area contributed by atoms with Gasteiger partial charge in [-0.1, -0.05) is 6.08 Å². The Morgan fingerprint density at radius 2 is 2.36 bits per heavy atom. The molecular weight excluding hydrogens is 180 g/mol. The van der Waals surface area contributed by atoms with Gasteiger partial charge < -0.3 is 15.4 Å². The predicted molar refractivity (Wildman–Crippen MR) is 56.5 cm³/mol. The SMILES string of the molecule is C=CCN(C)c1cc(OC)nc(N)n1. The molecule has 1 aromatic heterocycles. The van der Waals surface area contributed by atoms with E-state index in [-0.39, 0.29) is 5.95 Å². The molecule has 0 aliphatic heterocycles. The van der Waals surface area contributed by atoms with Crippen molar-refractivity contribution in [3.05, 3.63) is 18.7 Å². The normalized spacial score (nSPS) is 9.57. The van der Waals surface area contributed by atoms with Gasteiger partial charge in [-0.15, -0.1) is 6.58 Å². The molecule has 76 valence electrons. The minimum absolute atomic E-state index is 0.204. The Labute approximate surface area is 83.2 Å². The second-order valence-corrected chi connectivity index (χ2v) is 2.80. The first-order chi connectivity index (χ1) is 6.67. The van der Waals surface area contributed by atoms with E-state index < -0.39 is 0 Å². The summed E-state index contributed by atoms with van der Waals surface area (Å²) in [6.07, 6.45) is 1.78. The highest BCUT2D eigenvalue weighted by atomic mass is 16.5. The minimum Gasteiger partial charge on any atom is -0.481 e. The fourth-order valence-electron chi connectivity index (χ4n) is 1.02. The highest BCUT2D eigenvalue weighted by Gasteiger charge is 2.05. The van der Waals surface area contributed by atoms with E-state index in [2.05, 4.69) is 16.5 Å². The lowest BCUT2D eigenvalue weighted by atomic mass is 10.4. The van der Waals surface area contributed by atoms with Crippen molar-refractivity contribution in [3.63, 3.8) is 0 Å². The molecule has 0 aliphatic rings. The fraction of sp³-hybridized carbons (Fsp3) is 0.333. The first kappa shape index (κ1) is 10.3. The van der Waals surface area contributed by atoms with Crippen LogP contribution in [0.4, 0.5) is 11.8 Å². The smallest absolute Gasteiger partial charge is 0.225 e. The topological polar surface area (TPSA) is 64.3 Å². The van der Waals surface area contributed by atoms with Crippen molar-refractivity contribution >= 4 is 11.8 Å². The monoisotopic (exact) mass is 194 g/mol. The van der Waals surface area contributed by atoms with E-state index in [9.17, 15) is 0 Å². The van der Waals surface area contributed by atoms with Crippen LogP contribution >= 0.6 is 0 Å². The van der Waals surface area contributed by atoms with Crippen LogP contribution in [0, 0.1) is 0 Å². The molecule has 0 spiro atoms. The van der Waals surface area contributed by atoms with E-state index in [4.69, 9.17) is 10.5 Å². The zero-order valence-electron chi connectivity index (χ0n) is 8.40. The first-order valence-corrected chi connectivity index (χ1v) is 4.18. The van der Waals surface area contributed by atoms with E-state index >= 15 is 0 Å². The summed E-state index contributed by atoms with van der Waals surface area (Å²) < 4.78 is 4.98. The van der Waals surface area contributed by atoms with Crippen LogP contribution in [0.25, 0.3) is 0 Å². The maximum atomic E-state index is 5.51. The number of nitrogen functional groups attached to an aromatic ring is 1. The molecule has 1 rings (SSSR count). The van der Waals surface area contributed by atoms with Crippen molar-refractivity contribution in [2.75, 3.05) is 31.3 Å². The van der Waals surface area contributed by atoms with Gasteiger partial charge in [0, 0.05) is 19.7 Å². The molecule has 5 heteroatoms. The third kappa shape index (κ3) is 2.35. The number of aromatic nitrogens is 2. The number of rotatable bonds is 4. The zero-order chi connectivity index (χ0) is 10.6. The second-order valence-electron chi connectivity index (χ2n) is 2.80. The lowest BCUT2D eigenvalue weighted by Gasteiger charge is -2.16. The molecule has 0 bridgehead atoms. The van der Waals surface area contributed by atoms with Gasteiger partial charge in [-0.3, -0.25) is 0 Å². The molecule has 0 radical (unpaired) electrons. The van der Waals surface area contributed by atoms with Crippen LogP contribution in [0.3, 0.4) is 0 Å². The average Bonchev–Trinajstić information content (AvgIpc) is 2.17. The molecule has 0 fully saturated rings. The molecule has 0 atom stereocenters. The molecule has 2 N–H and O–H groups in total. The first-order valence-electron chi connectivity index (χ1n) is 4.18. The van der Waals surface area contributed by atoms with Crippen molar-refractivity contribution in [1.82, 2.24) is 9.97 Å². The summed E-state index contributed by atoms with van der Waals surface area (Å²) in [6, 6.07) is 1.72. The van der Waals surface area contributed by atoms with E-state index in [0.29, 0.717) is 18.2 Å². The largest absolute Gasteiger partial charge is 0.481 e. The molecule has 0 aliphatic carbocycles. The summed E-state index contributed by atoms with van der Waals surface area (Å²) in [5.74, 6) is 1.38. The Morgan fingerprint density at radius 3 is 2.93 bits per heavy atom. The summed E-state index contributed by atoms with van der Waals surface area (Å²) in [4.78, 5) is 9.85. The molecule has 0 aromatic carbocycles. The third-order valence-electron chi connectivity index (χ3n) is 1.71. The van der Waals surface area contributed by atoms with Crippen molar-refractivity contribution < 1.29 is 4.74 Å². The number of ether oxygens (including phenoxy) is 1. The Balaban J connectivity index is 2.96. The molecule has 14 heavy (non-hydrogen) atoms. The number of nitrogens with two attached hydrogens (primary N) is 1. The summed E-state index contributed by atoms with van der Waals surface area (Å²) in [7, 11) is 3.43. The highest BCUT2D eigenvalue weighted by molar-refractivity contribution is 5.45. The molecule has 1 heterocycles. The fourth-order valence-corrected chi connectivity index (χ4v) is 1.02. The number of methoxy groups -OCH3 is 1. The van der Waals surface area contributed by atoms with Gasteiger partial charge in [0.25, 0.3) is 0 Å². The van der Waals surface area contributed by atoms with E-state index in [1.54, 1.807) is 19.3 Å². The lowest BCUT2D eigenvalue weighted by molar-refractivity contribution is 0.398. The number of hydrogen-bond acceptors (Lipinski definition) is 5. The summed E-state index contributed by atoms with van der Waals surface area (Å²) in [5, 5.41) is 0. The zero-order valence-corrected chi connectivity index (χ0v) is 8.40. The molecule has 0 amide bonds. The predicted octanol–water partition coefficient (Wildman–Crippen LogP) is 0.690. The van der Waals surface area contributed by atoms with Crippen LogP contribution in [0.2, 0.25) is 0 Å².